The first-order valence-electron chi connectivity index (χ1n) is 5.62. The highest BCUT2D eigenvalue weighted by Crippen LogP contribution is 2.78. The van der Waals surface area contributed by atoms with E-state index in [0.717, 1.165) is 12.3 Å². The van der Waals surface area contributed by atoms with E-state index in [4.69, 9.17) is 0 Å². The zero-order valence-corrected chi connectivity index (χ0v) is 8.60. The average molecular weight is 178 g/mol. The molecule has 0 N–H and O–H groups in total. The van der Waals surface area contributed by atoms with Crippen molar-refractivity contribution in [1.29, 1.82) is 0 Å². The van der Waals surface area contributed by atoms with Gasteiger partial charge in [0.05, 0.1) is 0 Å². The molecule has 3 atom stereocenters. The van der Waals surface area contributed by atoms with Gasteiger partial charge in [0.25, 0.3) is 0 Å². The Morgan fingerprint density at radius 2 is 2.08 bits per heavy atom. The quantitative estimate of drug-likeness (QED) is 0.557. The van der Waals surface area contributed by atoms with Gasteiger partial charge in [-0.05, 0) is 36.0 Å². The smallest absolute Gasteiger partial charge is 0.136 e. The molecule has 13 heavy (non-hydrogen) atoms. The number of ketones is 1. The van der Waals surface area contributed by atoms with Crippen molar-refractivity contribution in [1.82, 2.24) is 0 Å². The summed E-state index contributed by atoms with van der Waals surface area (Å²) in [5, 5.41) is 0. The van der Waals surface area contributed by atoms with E-state index in [0.29, 0.717) is 22.5 Å². The second-order valence-corrected chi connectivity index (χ2v) is 5.87. The molecule has 0 aromatic heterocycles. The Bertz CT molecular complexity index is 279. The Morgan fingerprint density at radius 1 is 1.31 bits per heavy atom. The number of hydrogen-bond donors (Lipinski definition) is 0. The maximum Gasteiger partial charge on any atom is 0.136 e. The summed E-state index contributed by atoms with van der Waals surface area (Å²) in [6.45, 7) is 4.77. The molecule has 1 nitrogen and oxygen atoms in total. The van der Waals surface area contributed by atoms with Crippen LogP contribution < -0.4 is 0 Å². The van der Waals surface area contributed by atoms with Gasteiger partial charge >= 0.3 is 0 Å². The molecule has 3 rings (SSSR count). The van der Waals surface area contributed by atoms with E-state index in [9.17, 15) is 4.79 Å². The lowest BCUT2D eigenvalue weighted by Crippen LogP contribution is -2.30. The predicted octanol–water partition coefficient (Wildman–Crippen LogP) is 2.79. The normalized spacial score (nSPS) is 51.4. The van der Waals surface area contributed by atoms with Crippen molar-refractivity contribution in [3.05, 3.63) is 0 Å². The van der Waals surface area contributed by atoms with Gasteiger partial charge in [-0.15, -0.1) is 0 Å². The second kappa shape index (κ2) is 2.02. The maximum absolute atomic E-state index is 11.7. The molecule has 0 aliphatic heterocycles. The third kappa shape index (κ3) is 0.693. The summed E-state index contributed by atoms with van der Waals surface area (Å²) in [5.41, 5.74) is 0.926. The van der Waals surface area contributed by atoms with E-state index in [2.05, 4.69) is 13.8 Å². The Hall–Kier alpha value is -0.330. The molecule has 1 unspecified atom stereocenters. The van der Waals surface area contributed by atoms with Crippen LogP contribution in [-0.2, 0) is 4.79 Å². The molecular weight excluding hydrogens is 160 g/mol. The number of carbonyl (C=O) groups excluding carboxylic acids is 1. The largest absolute Gasteiger partial charge is 0.299 e. The first-order chi connectivity index (χ1) is 6.09. The Kier molecular flexibility index (Phi) is 1.24. The Balaban J connectivity index is 2.02. The van der Waals surface area contributed by atoms with Crippen LogP contribution in [0.15, 0.2) is 0 Å². The van der Waals surface area contributed by atoms with Gasteiger partial charge < -0.3 is 0 Å². The minimum Gasteiger partial charge on any atom is -0.299 e. The van der Waals surface area contributed by atoms with Gasteiger partial charge in [0.1, 0.15) is 5.78 Å². The molecule has 0 heterocycles. The van der Waals surface area contributed by atoms with Crippen LogP contribution in [0.4, 0.5) is 0 Å². The Morgan fingerprint density at radius 3 is 2.77 bits per heavy atom. The van der Waals surface area contributed by atoms with Crippen LogP contribution >= 0.6 is 0 Å². The van der Waals surface area contributed by atoms with Gasteiger partial charge in [0, 0.05) is 12.3 Å². The van der Waals surface area contributed by atoms with Crippen molar-refractivity contribution in [3.63, 3.8) is 0 Å². The highest BCUT2D eigenvalue weighted by molar-refractivity contribution is 5.89. The van der Waals surface area contributed by atoms with Gasteiger partial charge in [-0.25, -0.2) is 0 Å². The summed E-state index contributed by atoms with van der Waals surface area (Å²) in [5.74, 6) is 1.86. The lowest BCUT2D eigenvalue weighted by Gasteiger charge is -2.38. The third-order valence-electron chi connectivity index (χ3n) is 5.22. The molecular formula is C12H18O. The molecule has 3 saturated carbocycles. The molecule has 0 aromatic carbocycles. The first-order valence-corrected chi connectivity index (χ1v) is 5.62. The van der Waals surface area contributed by atoms with Gasteiger partial charge in [0.2, 0.25) is 0 Å². The van der Waals surface area contributed by atoms with E-state index in [1.54, 1.807) is 0 Å². The summed E-state index contributed by atoms with van der Waals surface area (Å²) in [6, 6.07) is 0. The maximum atomic E-state index is 11.7. The fourth-order valence-corrected chi connectivity index (χ4v) is 4.54. The van der Waals surface area contributed by atoms with Crippen molar-refractivity contribution in [2.24, 2.45) is 22.7 Å². The zero-order chi connectivity index (χ0) is 9.27. The topological polar surface area (TPSA) is 17.1 Å². The molecule has 1 heteroatoms. The lowest BCUT2D eigenvalue weighted by molar-refractivity contribution is -0.119. The highest BCUT2D eigenvalue weighted by Gasteiger charge is 2.76. The van der Waals surface area contributed by atoms with Crippen molar-refractivity contribution < 1.29 is 4.79 Å². The molecule has 1 spiro atoms. The molecule has 3 aliphatic carbocycles. The van der Waals surface area contributed by atoms with E-state index < -0.39 is 0 Å². The number of fused-ring (bicyclic) bond motifs is 1. The number of carbonyl (C=O) groups is 1. The standard InChI is InChI=1S/C12H18O/c1-11(2)6-3-4-8-10-9(13)5-7-12(8,10)11/h8,10H,3-7H2,1-2H3/t8-,10?,12-/m1/s1. The molecule has 72 valence electrons. The number of rotatable bonds is 0. The molecule has 3 aliphatic rings. The van der Waals surface area contributed by atoms with Crippen LogP contribution in [-0.4, -0.2) is 5.78 Å². The monoisotopic (exact) mass is 178 g/mol. The minimum atomic E-state index is 0.451. The van der Waals surface area contributed by atoms with Gasteiger partial charge in [-0.3, -0.25) is 4.79 Å². The molecule has 0 radical (unpaired) electrons. The number of hydrogen-bond acceptors (Lipinski definition) is 1. The lowest BCUT2D eigenvalue weighted by atomic mass is 9.66. The van der Waals surface area contributed by atoms with E-state index in [1.165, 1.54) is 25.7 Å². The minimum absolute atomic E-state index is 0.451. The third-order valence-corrected chi connectivity index (χ3v) is 5.22. The molecule has 0 bridgehead atoms. The van der Waals surface area contributed by atoms with E-state index >= 15 is 0 Å². The van der Waals surface area contributed by atoms with E-state index in [-0.39, 0.29) is 0 Å². The predicted molar refractivity (Wildman–Crippen MR) is 51.3 cm³/mol. The van der Waals surface area contributed by atoms with Crippen LogP contribution in [0.1, 0.15) is 46.0 Å². The molecule has 0 aromatic rings. The SMILES string of the molecule is CC1(C)CCC[C@@H]2C3C(=O)CC[C@]321. The zero-order valence-electron chi connectivity index (χ0n) is 8.60. The van der Waals surface area contributed by atoms with Gasteiger partial charge in [0.15, 0.2) is 0 Å². The molecule has 0 saturated heterocycles. The highest BCUT2D eigenvalue weighted by atomic mass is 16.1. The summed E-state index contributed by atoms with van der Waals surface area (Å²) < 4.78 is 0. The number of Topliss-reactive ketones (excluding diaryl/α,β-unsaturated/α-hetero) is 1. The summed E-state index contributed by atoms with van der Waals surface area (Å²) >= 11 is 0. The molecule has 0 amide bonds. The van der Waals surface area contributed by atoms with Gasteiger partial charge in [-0.2, -0.15) is 0 Å². The van der Waals surface area contributed by atoms with Crippen LogP contribution in [0.2, 0.25) is 0 Å². The van der Waals surface area contributed by atoms with Gasteiger partial charge in [-0.1, -0.05) is 20.3 Å². The van der Waals surface area contributed by atoms with Crippen LogP contribution in [0, 0.1) is 22.7 Å². The average Bonchev–Trinajstić information content (AvgIpc) is 2.59. The van der Waals surface area contributed by atoms with Crippen molar-refractivity contribution >= 4 is 5.78 Å². The van der Waals surface area contributed by atoms with Crippen LogP contribution in [0.3, 0.4) is 0 Å². The summed E-state index contributed by atoms with van der Waals surface area (Å²) in [4.78, 5) is 11.7. The Labute approximate surface area is 79.9 Å². The fourth-order valence-electron chi connectivity index (χ4n) is 4.54. The van der Waals surface area contributed by atoms with Crippen molar-refractivity contribution in [2.45, 2.75) is 46.0 Å². The second-order valence-electron chi connectivity index (χ2n) is 5.87. The fraction of sp³-hybridized carbons (Fsp3) is 0.917. The summed E-state index contributed by atoms with van der Waals surface area (Å²) in [6.07, 6.45) is 6.11. The molecule has 3 fully saturated rings. The van der Waals surface area contributed by atoms with Crippen LogP contribution in [0.25, 0.3) is 0 Å². The van der Waals surface area contributed by atoms with Crippen molar-refractivity contribution in [2.75, 3.05) is 0 Å². The van der Waals surface area contributed by atoms with E-state index in [1.807, 2.05) is 0 Å². The van der Waals surface area contributed by atoms with Crippen LogP contribution in [0.5, 0.6) is 0 Å². The van der Waals surface area contributed by atoms with Crippen molar-refractivity contribution in [3.8, 4) is 0 Å². The summed E-state index contributed by atoms with van der Waals surface area (Å²) in [7, 11) is 0. The first kappa shape index (κ1) is 8.02.